The van der Waals surface area contributed by atoms with Crippen LogP contribution < -0.4 is 9.80 Å². The molecule has 0 spiro atoms. The molecule has 136 valence electrons. The van der Waals surface area contributed by atoms with Crippen LogP contribution in [-0.2, 0) is 6.42 Å². The number of aromatic nitrogens is 3. The average Bonchev–Trinajstić information content (AvgIpc) is 3.04. The van der Waals surface area contributed by atoms with Gasteiger partial charge in [0.2, 0.25) is 0 Å². The van der Waals surface area contributed by atoms with Crippen LogP contribution in [0.2, 0.25) is 0 Å². The molecule has 1 fully saturated rings. The zero-order chi connectivity index (χ0) is 18.1. The summed E-state index contributed by atoms with van der Waals surface area (Å²) in [6.45, 7) is 10.4. The maximum Gasteiger partial charge on any atom is 0.141 e. The number of anilines is 2. The Morgan fingerprint density at radius 3 is 2.54 bits per heavy atom. The molecule has 3 aromatic rings. The van der Waals surface area contributed by atoms with Crippen LogP contribution in [0.25, 0.3) is 10.2 Å². The van der Waals surface area contributed by atoms with E-state index in [9.17, 15) is 0 Å². The van der Waals surface area contributed by atoms with E-state index in [1.807, 2.05) is 19.2 Å². The van der Waals surface area contributed by atoms with Crippen molar-refractivity contribution in [2.24, 2.45) is 5.92 Å². The third-order valence-corrected chi connectivity index (χ3v) is 5.70. The van der Waals surface area contributed by atoms with Gasteiger partial charge in [-0.1, -0.05) is 19.9 Å². The summed E-state index contributed by atoms with van der Waals surface area (Å²) in [7, 11) is 0. The molecule has 3 aromatic heterocycles. The van der Waals surface area contributed by atoms with Crippen LogP contribution in [0, 0.1) is 12.8 Å². The van der Waals surface area contributed by atoms with Crippen molar-refractivity contribution in [2.75, 3.05) is 36.0 Å². The highest BCUT2D eigenvalue weighted by molar-refractivity contribution is 7.17. The van der Waals surface area contributed by atoms with Gasteiger partial charge in [-0.2, -0.15) is 0 Å². The van der Waals surface area contributed by atoms with Gasteiger partial charge in [0.25, 0.3) is 0 Å². The molecule has 0 radical (unpaired) electrons. The largest absolute Gasteiger partial charge is 0.353 e. The third kappa shape index (κ3) is 3.38. The fourth-order valence-corrected chi connectivity index (χ4v) is 4.58. The first-order valence-corrected chi connectivity index (χ1v) is 10.2. The van der Waals surface area contributed by atoms with Crippen LogP contribution >= 0.6 is 11.3 Å². The molecule has 0 N–H and O–H groups in total. The monoisotopic (exact) mass is 367 g/mol. The molecule has 6 heteroatoms. The molecule has 0 bridgehead atoms. The van der Waals surface area contributed by atoms with Crippen LogP contribution in [0.5, 0.6) is 0 Å². The molecule has 26 heavy (non-hydrogen) atoms. The summed E-state index contributed by atoms with van der Waals surface area (Å²) < 4.78 is 0. The van der Waals surface area contributed by atoms with Crippen molar-refractivity contribution < 1.29 is 0 Å². The summed E-state index contributed by atoms with van der Waals surface area (Å²) in [6.07, 6.45) is 2.94. The molecule has 4 rings (SSSR count). The minimum atomic E-state index is 0.628. The topological polar surface area (TPSA) is 45.2 Å². The Morgan fingerprint density at radius 1 is 1.08 bits per heavy atom. The number of fused-ring (bicyclic) bond motifs is 1. The van der Waals surface area contributed by atoms with Crippen LogP contribution in [-0.4, -0.2) is 41.1 Å². The Hall–Kier alpha value is -2.21. The maximum atomic E-state index is 4.85. The number of aryl methyl sites for hydroxylation is 1. The molecular formula is C20H25N5S. The lowest BCUT2D eigenvalue weighted by Crippen LogP contribution is -2.47. The standard InChI is InChI=1S/C20H25N5S/c1-14(2)12-16-13-26-20-18(16)19(22-15(3)23-20)25-10-8-24(9-11-25)17-6-4-5-7-21-17/h4-7,13-14H,8-12H2,1-3H3. The van der Waals surface area contributed by atoms with Crippen molar-refractivity contribution in [2.45, 2.75) is 27.2 Å². The van der Waals surface area contributed by atoms with Crippen molar-refractivity contribution in [1.29, 1.82) is 0 Å². The van der Waals surface area contributed by atoms with Gasteiger partial charge in [0.1, 0.15) is 22.3 Å². The molecule has 0 aliphatic carbocycles. The zero-order valence-electron chi connectivity index (χ0n) is 15.6. The summed E-state index contributed by atoms with van der Waals surface area (Å²) in [6, 6.07) is 6.10. The number of hydrogen-bond donors (Lipinski definition) is 0. The van der Waals surface area contributed by atoms with Crippen molar-refractivity contribution in [3.8, 4) is 0 Å². The normalized spacial score (nSPS) is 15.2. The van der Waals surface area contributed by atoms with E-state index in [1.165, 1.54) is 10.9 Å². The predicted molar refractivity (Wildman–Crippen MR) is 109 cm³/mol. The highest BCUT2D eigenvalue weighted by atomic mass is 32.1. The lowest BCUT2D eigenvalue weighted by molar-refractivity contribution is 0.639. The van der Waals surface area contributed by atoms with E-state index in [-0.39, 0.29) is 0 Å². The van der Waals surface area contributed by atoms with E-state index in [4.69, 9.17) is 4.98 Å². The second-order valence-corrected chi connectivity index (χ2v) is 8.15. The second-order valence-electron chi connectivity index (χ2n) is 7.30. The van der Waals surface area contributed by atoms with Crippen molar-refractivity contribution in [3.63, 3.8) is 0 Å². The zero-order valence-corrected chi connectivity index (χ0v) is 16.5. The average molecular weight is 368 g/mol. The van der Waals surface area contributed by atoms with Gasteiger partial charge in [-0.25, -0.2) is 15.0 Å². The summed E-state index contributed by atoms with van der Waals surface area (Å²) >= 11 is 1.75. The van der Waals surface area contributed by atoms with Crippen molar-refractivity contribution in [3.05, 3.63) is 41.2 Å². The fourth-order valence-electron chi connectivity index (χ4n) is 3.59. The van der Waals surface area contributed by atoms with Crippen LogP contribution in [0.3, 0.4) is 0 Å². The van der Waals surface area contributed by atoms with E-state index in [1.54, 1.807) is 11.3 Å². The van der Waals surface area contributed by atoms with Gasteiger partial charge in [-0.3, -0.25) is 0 Å². The first-order valence-electron chi connectivity index (χ1n) is 9.27. The Kier molecular flexibility index (Phi) is 4.76. The molecule has 1 aliphatic rings. The van der Waals surface area contributed by atoms with Crippen molar-refractivity contribution in [1.82, 2.24) is 15.0 Å². The highest BCUT2D eigenvalue weighted by Crippen LogP contribution is 2.34. The predicted octanol–water partition coefficient (Wildman–Crippen LogP) is 3.92. The van der Waals surface area contributed by atoms with E-state index in [0.717, 1.165) is 54.9 Å². The SMILES string of the molecule is Cc1nc(N2CCN(c3ccccn3)CC2)c2c(CC(C)C)csc2n1. The Bertz CT molecular complexity index is 882. The van der Waals surface area contributed by atoms with E-state index in [2.05, 4.69) is 51.1 Å². The lowest BCUT2D eigenvalue weighted by Gasteiger charge is -2.36. The number of hydrogen-bond acceptors (Lipinski definition) is 6. The number of piperazine rings is 1. The van der Waals surface area contributed by atoms with E-state index >= 15 is 0 Å². The summed E-state index contributed by atoms with van der Waals surface area (Å²) in [5.74, 6) is 3.66. The van der Waals surface area contributed by atoms with Gasteiger partial charge in [-0.05, 0) is 42.3 Å². The number of thiophene rings is 1. The van der Waals surface area contributed by atoms with Gasteiger partial charge < -0.3 is 9.80 Å². The van der Waals surface area contributed by atoms with E-state index in [0.29, 0.717) is 5.92 Å². The first kappa shape index (κ1) is 17.2. The van der Waals surface area contributed by atoms with Gasteiger partial charge in [0, 0.05) is 32.4 Å². The molecule has 5 nitrogen and oxygen atoms in total. The molecule has 0 atom stereocenters. The number of nitrogens with zero attached hydrogens (tertiary/aromatic N) is 5. The molecule has 0 amide bonds. The molecule has 4 heterocycles. The molecule has 0 saturated carbocycles. The van der Waals surface area contributed by atoms with Crippen LogP contribution in [0.1, 0.15) is 25.2 Å². The molecule has 0 unspecified atom stereocenters. The number of rotatable bonds is 4. The quantitative estimate of drug-likeness (QED) is 0.699. The Balaban J connectivity index is 1.62. The lowest BCUT2D eigenvalue weighted by atomic mass is 10.0. The number of pyridine rings is 1. The first-order chi connectivity index (χ1) is 12.6. The Morgan fingerprint density at radius 2 is 1.85 bits per heavy atom. The van der Waals surface area contributed by atoms with Crippen LogP contribution in [0.15, 0.2) is 29.8 Å². The highest BCUT2D eigenvalue weighted by Gasteiger charge is 2.23. The van der Waals surface area contributed by atoms with Crippen molar-refractivity contribution >= 4 is 33.2 Å². The summed E-state index contributed by atoms with van der Waals surface area (Å²) in [5.41, 5.74) is 1.39. The molecule has 1 aliphatic heterocycles. The van der Waals surface area contributed by atoms with Gasteiger partial charge in [0.05, 0.1) is 5.39 Å². The van der Waals surface area contributed by atoms with Crippen LogP contribution in [0.4, 0.5) is 11.6 Å². The molecule has 1 saturated heterocycles. The summed E-state index contributed by atoms with van der Waals surface area (Å²) in [4.78, 5) is 19.9. The van der Waals surface area contributed by atoms with Gasteiger partial charge in [-0.15, -0.1) is 11.3 Å². The molecule has 0 aromatic carbocycles. The minimum Gasteiger partial charge on any atom is -0.353 e. The second kappa shape index (κ2) is 7.19. The van der Waals surface area contributed by atoms with E-state index < -0.39 is 0 Å². The van der Waals surface area contributed by atoms with Gasteiger partial charge in [0.15, 0.2) is 0 Å². The summed E-state index contributed by atoms with van der Waals surface area (Å²) in [5, 5.41) is 3.53. The molecular weight excluding hydrogens is 342 g/mol. The smallest absolute Gasteiger partial charge is 0.141 e. The van der Waals surface area contributed by atoms with Gasteiger partial charge >= 0.3 is 0 Å². The third-order valence-electron chi connectivity index (χ3n) is 4.78. The minimum absolute atomic E-state index is 0.628. The fraction of sp³-hybridized carbons (Fsp3) is 0.450. The maximum absolute atomic E-state index is 4.85. The Labute approximate surface area is 158 Å².